The highest BCUT2D eigenvalue weighted by atomic mass is 16.5. The number of hydrogen-bond acceptors (Lipinski definition) is 3. The number of nitriles is 1. The molecular weight excluding hydrogens is 250 g/mol. The van der Waals surface area contributed by atoms with E-state index in [1.807, 2.05) is 60.7 Å². The molecule has 0 heterocycles. The van der Waals surface area contributed by atoms with Crippen LogP contribution >= 0.6 is 0 Å². The van der Waals surface area contributed by atoms with E-state index in [0.717, 1.165) is 11.1 Å². The average Bonchev–Trinajstić information content (AvgIpc) is 2.53. The third-order valence-corrected chi connectivity index (χ3v) is 3.28. The van der Waals surface area contributed by atoms with Crippen LogP contribution in [-0.2, 0) is 15.1 Å². The van der Waals surface area contributed by atoms with E-state index in [1.165, 1.54) is 0 Å². The first-order valence-electron chi connectivity index (χ1n) is 6.36. The van der Waals surface area contributed by atoms with Gasteiger partial charge in [-0.2, -0.15) is 5.26 Å². The zero-order valence-electron chi connectivity index (χ0n) is 11.0. The summed E-state index contributed by atoms with van der Waals surface area (Å²) in [7, 11) is 0. The molecule has 0 unspecified atom stereocenters. The molecule has 0 aromatic heterocycles. The summed E-state index contributed by atoms with van der Waals surface area (Å²) in [4.78, 5) is 10.9. The molecule has 0 fully saturated rings. The maximum Gasteiger partial charge on any atom is 0.418 e. The molecule has 0 amide bonds. The first-order valence-corrected chi connectivity index (χ1v) is 6.36. The second kappa shape index (κ2) is 6.53. The number of rotatable bonds is 6. The fraction of sp³-hybridized carbons (Fsp3) is 0.176. The lowest BCUT2D eigenvalue weighted by Crippen LogP contribution is -2.31. The lowest BCUT2D eigenvalue weighted by molar-refractivity contribution is 0.0819. The Morgan fingerprint density at radius 1 is 0.950 bits per heavy atom. The zero-order valence-corrected chi connectivity index (χ0v) is 11.0. The largest absolute Gasteiger partial charge is 0.441 e. The van der Waals surface area contributed by atoms with E-state index in [4.69, 9.17) is 10.00 Å². The summed E-state index contributed by atoms with van der Waals surface area (Å²) >= 11 is 0. The van der Waals surface area contributed by atoms with Crippen molar-refractivity contribution in [2.45, 2.75) is 18.4 Å². The van der Waals surface area contributed by atoms with Gasteiger partial charge in [-0.15, -0.1) is 0 Å². The Hall–Kier alpha value is -2.60. The second-order valence-corrected chi connectivity index (χ2v) is 4.40. The van der Waals surface area contributed by atoms with Gasteiger partial charge in [0.15, 0.2) is 5.60 Å². The Kier molecular flexibility index (Phi) is 4.52. The first kappa shape index (κ1) is 13.8. The summed E-state index contributed by atoms with van der Waals surface area (Å²) in [5.41, 5.74) is 0.717. The molecule has 3 heteroatoms. The van der Waals surface area contributed by atoms with Gasteiger partial charge in [0.2, 0.25) is 0 Å². The van der Waals surface area contributed by atoms with E-state index in [2.05, 4.69) is 6.07 Å². The summed E-state index contributed by atoms with van der Waals surface area (Å²) in [5.74, 6) is 0. The molecule has 1 radical (unpaired) electrons. The van der Waals surface area contributed by atoms with Crippen molar-refractivity contribution in [1.82, 2.24) is 0 Å². The Balaban J connectivity index is 2.56. The topological polar surface area (TPSA) is 50.1 Å². The van der Waals surface area contributed by atoms with Crippen LogP contribution in [0.2, 0.25) is 0 Å². The molecule has 0 atom stereocenters. The minimum atomic E-state index is -0.958. The van der Waals surface area contributed by atoms with Gasteiger partial charge in [-0.1, -0.05) is 60.7 Å². The van der Waals surface area contributed by atoms with Crippen molar-refractivity contribution in [3.8, 4) is 6.07 Å². The molecule has 0 aliphatic heterocycles. The van der Waals surface area contributed by atoms with Crippen LogP contribution in [0, 0.1) is 11.3 Å². The molecule has 0 aliphatic carbocycles. The summed E-state index contributed by atoms with van der Waals surface area (Å²) in [6.45, 7) is 1.56. The maximum atomic E-state index is 10.9. The number of nitrogens with zero attached hydrogens (tertiary/aromatic N) is 1. The lowest BCUT2D eigenvalue weighted by Gasteiger charge is -2.32. The summed E-state index contributed by atoms with van der Waals surface area (Å²) in [6.07, 6.45) is 0.679. The van der Waals surface area contributed by atoms with Gasteiger partial charge in [0.25, 0.3) is 0 Å². The highest BCUT2D eigenvalue weighted by Crippen LogP contribution is 2.37. The summed E-state index contributed by atoms with van der Waals surface area (Å²) in [6, 6.07) is 21.0. The van der Waals surface area contributed by atoms with Gasteiger partial charge in [0.1, 0.15) is 0 Å². The number of carbonyl (C=O) groups excluding carboxylic acids is 1. The van der Waals surface area contributed by atoms with Crippen molar-refractivity contribution in [2.24, 2.45) is 0 Å². The Morgan fingerprint density at radius 2 is 1.45 bits per heavy atom. The molecule has 0 saturated carbocycles. The van der Waals surface area contributed by atoms with E-state index in [9.17, 15) is 4.79 Å². The van der Waals surface area contributed by atoms with Crippen LogP contribution in [0.5, 0.6) is 0 Å². The molecule has 2 rings (SSSR count). The van der Waals surface area contributed by atoms with E-state index >= 15 is 0 Å². The molecule has 0 saturated heterocycles. The molecule has 0 aliphatic rings. The van der Waals surface area contributed by atoms with Crippen molar-refractivity contribution in [3.05, 3.63) is 71.8 Å². The molecule has 3 nitrogen and oxygen atoms in total. The van der Waals surface area contributed by atoms with E-state index in [-0.39, 0.29) is 6.42 Å². The molecule has 0 N–H and O–H groups in total. The highest BCUT2D eigenvalue weighted by Gasteiger charge is 2.36. The molecule has 0 bridgehead atoms. The maximum absolute atomic E-state index is 10.9. The second-order valence-electron chi connectivity index (χ2n) is 4.40. The van der Waals surface area contributed by atoms with Crippen molar-refractivity contribution in [2.75, 3.05) is 0 Å². The predicted molar refractivity (Wildman–Crippen MR) is 75.3 cm³/mol. The molecular formula is C17H14NO2. The molecule has 0 spiro atoms. The van der Waals surface area contributed by atoms with Gasteiger partial charge in [-0.3, -0.25) is 0 Å². The lowest BCUT2D eigenvalue weighted by atomic mass is 9.82. The molecule has 99 valence electrons. The number of hydrogen-bond donors (Lipinski definition) is 0. The Morgan fingerprint density at radius 3 is 1.85 bits per heavy atom. The standard InChI is InChI=1S/C17H14NO2/c18-13-7-12-17(20-14-19,15-8-3-1-4-9-15)16-10-5-2-6-11-16/h1-6,8-11H,7,12H2. The van der Waals surface area contributed by atoms with Crippen LogP contribution in [0.4, 0.5) is 0 Å². The number of ether oxygens (including phenoxy) is 1. The van der Waals surface area contributed by atoms with Crippen molar-refractivity contribution in [1.29, 1.82) is 5.26 Å². The van der Waals surface area contributed by atoms with Crippen LogP contribution in [0.1, 0.15) is 24.0 Å². The van der Waals surface area contributed by atoms with E-state index in [1.54, 1.807) is 6.47 Å². The van der Waals surface area contributed by atoms with Crippen LogP contribution in [-0.4, -0.2) is 6.47 Å². The molecule has 2 aromatic carbocycles. The van der Waals surface area contributed by atoms with Crippen LogP contribution in [0.25, 0.3) is 0 Å². The molecule has 2 aromatic rings. The Labute approximate surface area is 118 Å². The minimum Gasteiger partial charge on any atom is -0.441 e. The van der Waals surface area contributed by atoms with Gasteiger partial charge < -0.3 is 4.74 Å². The third kappa shape index (κ3) is 2.70. The zero-order chi connectivity index (χ0) is 14.3. The van der Waals surface area contributed by atoms with Crippen LogP contribution in [0.3, 0.4) is 0 Å². The van der Waals surface area contributed by atoms with Crippen molar-refractivity contribution >= 4 is 6.47 Å². The SMILES string of the molecule is N#CCCC(O[C]=O)(c1ccccc1)c1ccccc1. The quantitative estimate of drug-likeness (QED) is 0.804. The van der Waals surface area contributed by atoms with Crippen molar-refractivity contribution in [3.63, 3.8) is 0 Å². The van der Waals surface area contributed by atoms with Gasteiger partial charge >= 0.3 is 6.47 Å². The third-order valence-electron chi connectivity index (χ3n) is 3.28. The van der Waals surface area contributed by atoms with Gasteiger partial charge in [0.05, 0.1) is 6.07 Å². The summed E-state index contributed by atoms with van der Waals surface area (Å²) in [5, 5.41) is 8.89. The normalized spacial score (nSPS) is 10.6. The number of benzene rings is 2. The van der Waals surface area contributed by atoms with Gasteiger partial charge in [0, 0.05) is 24.0 Å². The monoisotopic (exact) mass is 264 g/mol. The Bertz CT molecular complexity index is 548. The smallest absolute Gasteiger partial charge is 0.418 e. The fourth-order valence-corrected chi connectivity index (χ4v) is 2.34. The van der Waals surface area contributed by atoms with E-state index in [0.29, 0.717) is 6.42 Å². The molecule has 20 heavy (non-hydrogen) atoms. The van der Waals surface area contributed by atoms with E-state index < -0.39 is 5.60 Å². The van der Waals surface area contributed by atoms with Crippen LogP contribution < -0.4 is 0 Å². The van der Waals surface area contributed by atoms with Gasteiger partial charge in [-0.25, -0.2) is 4.79 Å². The minimum absolute atomic E-state index is 0.283. The fourth-order valence-electron chi connectivity index (χ4n) is 2.34. The van der Waals surface area contributed by atoms with Crippen molar-refractivity contribution < 1.29 is 9.53 Å². The average molecular weight is 264 g/mol. The predicted octanol–water partition coefficient (Wildman–Crippen LogP) is 3.32. The highest BCUT2D eigenvalue weighted by molar-refractivity contribution is 5.46. The summed E-state index contributed by atoms with van der Waals surface area (Å²) < 4.78 is 5.35. The first-order chi connectivity index (χ1) is 9.83. The van der Waals surface area contributed by atoms with Crippen LogP contribution in [0.15, 0.2) is 60.7 Å². The van der Waals surface area contributed by atoms with Gasteiger partial charge in [-0.05, 0) is 0 Å².